The first-order chi connectivity index (χ1) is 11.1. The average Bonchev–Trinajstić information content (AvgIpc) is 3.03. The van der Waals surface area contributed by atoms with Crippen LogP contribution in [0.15, 0.2) is 42.5 Å². The molecule has 0 aromatic heterocycles. The van der Waals surface area contributed by atoms with Crippen molar-refractivity contribution in [1.82, 2.24) is 5.32 Å². The molecule has 0 radical (unpaired) electrons. The van der Waals surface area contributed by atoms with Gasteiger partial charge in [0.05, 0.1) is 16.6 Å². The molecule has 1 unspecified atom stereocenters. The van der Waals surface area contributed by atoms with Crippen molar-refractivity contribution in [1.29, 1.82) is 0 Å². The lowest BCUT2D eigenvalue weighted by molar-refractivity contribution is 0.0978. The molecular weight excluding hydrogens is 390 g/mol. The minimum absolute atomic E-state index is 0. The molecule has 128 valence electrons. The van der Waals surface area contributed by atoms with Gasteiger partial charge in [-0.25, -0.2) is 0 Å². The molecule has 0 saturated carbocycles. The van der Waals surface area contributed by atoms with E-state index in [-0.39, 0.29) is 24.4 Å². The summed E-state index contributed by atoms with van der Waals surface area (Å²) in [6.45, 7) is 1.63. The van der Waals surface area contributed by atoms with E-state index in [4.69, 9.17) is 34.8 Å². The Morgan fingerprint density at radius 3 is 2.29 bits per heavy atom. The fraction of sp³-hybridized carbons (Fsp3) is 0.235. The number of halogens is 4. The Hall–Kier alpha value is -0.970. The first-order valence-corrected chi connectivity index (χ1v) is 8.44. The van der Waals surface area contributed by atoms with Gasteiger partial charge >= 0.3 is 0 Å². The monoisotopic (exact) mass is 404 g/mol. The molecule has 3 nitrogen and oxygen atoms in total. The molecule has 2 aromatic carbocycles. The first kappa shape index (κ1) is 19.4. The van der Waals surface area contributed by atoms with E-state index >= 15 is 0 Å². The zero-order chi connectivity index (χ0) is 16.4. The van der Waals surface area contributed by atoms with Crippen molar-refractivity contribution in [3.8, 4) is 0 Å². The van der Waals surface area contributed by atoms with E-state index in [1.54, 1.807) is 35.2 Å². The summed E-state index contributed by atoms with van der Waals surface area (Å²) in [7, 11) is 0. The fourth-order valence-corrected chi connectivity index (χ4v) is 3.36. The van der Waals surface area contributed by atoms with E-state index in [0.29, 0.717) is 20.6 Å². The van der Waals surface area contributed by atoms with Crippen LogP contribution in [-0.4, -0.2) is 25.0 Å². The van der Waals surface area contributed by atoms with Crippen LogP contribution in [0.5, 0.6) is 0 Å². The van der Waals surface area contributed by atoms with Gasteiger partial charge in [-0.05, 0) is 55.4 Å². The van der Waals surface area contributed by atoms with E-state index in [0.717, 1.165) is 25.2 Å². The fourth-order valence-electron chi connectivity index (χ4n) is 2.75. The summed E-state index contributed by atoms with van der Waals surface area (Å²) in [5, 5.41) is 4.79. The number of nitrogens with one attached hydrogen (secondary N) is 1. The maximum atomic E-state index is 13.1. The zero-order valence-corrected chi connectivity index (χ0v) is 15.7. The summed E-state index contributed by atoms with van der Waals surface area (Å²) in [5.41, 5.74) is 1.25. The Kier molecular flexibility index (Phi) is 6.79. The number of hydrogen-bond acceptors (Lipinski definition) is 2. The van der Waals surface area contributed by atoms with Gasteiger partial charge in [0.25, 0.3) is 5.91 Å². The Morgan fingerprint density at radius 2 is 1.71 bits per heavy atom. The molecule has 1 saturated heterocycles. The number of nitrogens with zero attached hydrogens (tertiary/aromatic N) is 1. The predicted octanol–water partition coefficient (Wildman–Crippen LogP) is 5.08. The number of benzene rings is 2. The normalized spacial score (nSPS) is 16.5. The third kappa shape index (κ3) is 4.16. The highest BCUT2D eigenvalue weighted by atomic mass is 35.5. The Labute approximate surface area is 162 Å². The average molecular weight is 406 g/mol. The third-order valence-corrected chi connectivity index (χ3v) is 4.68. The highest BCUT2D eigenvalue weighted by Gasteiger charge is 2.29. The van der Waals surface area contributed by atoms with Gasteiger partial charge in [0.15, 0.2) is 0 Å². The van der Waals surface area contributed by atoms with Crippen molar-refractivity contribution < 1.29 is 4.79 Å². The van der Waals surface area contributed by atoms with Gasteiger partial charge in [0, 0.05) is 22.3 Å². The van der Waals surface area contributed by atoms with Crippen LogP contribution in [0.1, 0.15) is 16.8 Å². The molecule has 1 aliphatic rings. The van der Waals surface area contributed by atoms with E-state index in [1.165, 1.54) is 0 Å². The van der Waals surface area contributed by atoms with Gasteiger partial charge in [-0.2, -0.15) is 0 Å². The molecule has 1 amide bonds. The molecule has 1 heterocycles. The van der Waals surface area contributed by atoms with Crippen molar-refractivity contribution >= 4 is 58.8 Å². The van der Waals surface area contributed by atoms with Crippen LogP contribution in [0.3, 0.4) is 0 Å². The Balaban J connectivity index is 0.00000208. The van der Waals surface area contributed by atoms with Gasteiger partial charge in [0.2, 0.25) is 0 Å². The van der Waals surface area contributed by atoms with E-state index < -0.39 is 0 Å². The number of amides is 1. The number of carbonyl (C=O) groups excluding carboxylic acids is 1. The minimum Gasteiger partial charge on any atom is -0.315 e. The predicted molar refractivity (Wildman–Crippen MR) is 103 cm³/mol. The summed E-state index contributed by atoms with van der Waals surface area (Å²) in [5.74, 6) is -0.136. The van der Waals surface area contributed by atoms with Crippen molar-refractivity contribution in [2.75, 3.05) is 18.0 Å². The second kappa shape index (κ2) is 8.41. The van der Waals surface area contributed by atoms with Gasteiger partial charge in [-0.3, -0.25) is 4.79 Å². The molecule has 3 rings (SSSR count). The summed E-state index contributed by atoms with van der Waals surface area (Å²) in [6.07, 6.45) is 0.888. The van der Waals surface area contributed by atoms with Gasteiger partial charge < -0.3 is 10.2 Å². The molecule has 1 aliphatic heterocycles. The van der Waals surface area contributed by atoms with Crippen LogP contribution < -0.4 is 10.2 Å². The number of hydrogen-bond donors (Lipinski definition) is 1. The highest BCUT2D eigenvalue weighted by molar-refractivity contribution is 6.37. The summed E-state index contributed by atoms with van der Waals surface area (Å²) in [6, 6.07) is 12.3. The van der Waals surface area contributed by atoms with Crippen molar-refractivity contribution in [3.63, 3.8) is 0 Å². The molecule has 0 bridgehead atoms. The van der Waals surface area contributed by atoms with Crippen molar-refractivity contribution in [2.45, 2.75) is 12.5 Å². The molecule has 2 aromatic rings. The van der Waals surface area contributed by atoms with Crippen LogP contribution >= 0.6 is 47.2 Å². The van der Waals surface area contributed by atoms with E-state index in [9.17, 15) is 4.79 Å². The molecule has 1 fully saturated rings. The first-order valence-electron chi connectivity index (χ1n) is 7.31. The maximum Gasteiger partial charge on any atom is 0.260 e. The molecule has 1 N–H and O–H groups in total. The van der Waals surface area contributed by atoms with E-state index in [1.807, 2.05) is 12.1 Å². The van der Waals surface area contributed by atoms with Crippen molar-refractivity contribution in [2.24, 2.45) is 0 Å². The summed E-state index contributed by atoms with van der Waals surface area (Å²) >= 11 is 18.1. The van der Waals surface area contributed by atoms with Crippen LogP contribution in [0.2, 0.25) is 15.1 Å². The summed E-state index contributed by atoms with van der Waals surface area (Å²) < 4.78 is 0. The standard InChI is InChI=1S/C17H15Cl3N2O.ClH/c18-11-1-4-13(5-2-11)22(14-7-8-21-10-14)17(23)15-6-3-12(19)9-16(15)20;/h1-6,9,14,21H,7-8,10H2;1H. The van der Waals surface area contributed by atoms with Crippen LogP contribution in [0.4, 0.5) is 5.69 Å². The van der Waals surface area contributed by atoms with E-state index in [2.05, 4.69) is 5.32 Å². The minimum atomic E-state index is -0.136. The Bertz CT molecular complexity index is 715. The highest BCUT2D eigenvalue weighted by Crippen LogP contribution is 2.28. The lowest BCUT2D eigenvalue weighted by Crippen LogP contribution is -2.42. The molecule has 24 heavy (non-hydrogen) atoms. The second-order valence-electron chi connectivity index (χ2n) is 5.42. The quantitative estimate of drug-likeness (QED) is 0.772. The van der Waals surface area contributed by atoms with Gasteiger partial charge in [-0.15, -0.1) is 12.4 Å². The Morgan fingerprint density at radius 1 is 1.04 bits per heavy atom. The smallest absolute Gasteiger partial charge is 0.260 e. The number of carbonyl (C=O) groups is 1. The van der Waals surface area contributed by atoms with Crippen LogP contribution in [0.25, 0.3) is 0 Å². The largest absolute Gasteiger partial charge is 0.315 e. The van der Waals surface area contributed by atoms with Crippen molar-refractivity contribution in [3.05, 3.63) is 63.1 Å². The maximum absolute atomic E-state index is 13.1. The van der Waals surface area contributed by atoms with Crippen LogP contribution in [-0.2, 0) is 0 Å². The zero-order valence-electron chi connectivity index (χ0n) is 12.6. The molecular formula is C17H16Cl4N2O. The lowest BCUT2D eigenvalue weighted by Gasteiger charge is -2.29. The number of rotatable bonds is 3. The molecule has 0 aliphatic carbocycles. The third-order valence-electron chi connectivity index (χ3n) is 3.88. The molecule has 0 spiro atoms. The second-order valence-corrected chi connectivity index (χ2v) is 6.70. The molecule has 7 heteroatoms. The SMILES string of the molecule is Cl.O=C(c1ccc(Cl)cc1Cl)N(c1ccc(Cl)cc1)C1CCNC1. The molecule has 1 atom stereocenters. The lowest BCUT2D eigenvalue weighted by atomic mass is 10.1. The number of anilines is 1. The summed E-state index contributed by atoms with van der Waals surface area (Å²) in [4.78, 5) is 14.9. The topological polar surface area (TPSA) is 32.3 Å². The van der Waals surface area contributed by atoms with Crippen LogP contribution in [0, 0.1) is 0 Å². The van der Waals surface area contributed by atoms with Gasteiger partial charge in [0.1, 0.15) is 0 Å². The van der Waals surface area contributed by atoms with Gasteiger partial charge in [-0.1, -0.05) is 34.8 Å².